The fourth-order valence-electron chi connectivity index (χ4n) is 3.14. The summed E-state index contributed by atoms with van der Waals surface area (Å²) in [4.78, 5) is 18.8. The maximum Gasteiger partial charge on any atom is 0.356 e. The molecule has 1 aliphatic heterocycles. The average Bonchev–Trinajstić information content (AvgIpc) is 3.19. The molecule has 4 rings (SSSR count). The van der Waals surface area contributed by atoms with Crippen LogP contribution in [0.5, 0.6) is 5.75 Å². The third kappa shape index (κ3) is 3.98. The summed E-state index contributed by atoms with van der Waals surface area (Å²) in [5.74, 6) is 1.70. The molecule has 0 spiro atoms. The smallest absolute Gasteiger partial charge is 0.356 e. The lowest BCUT2D eigenvalue weighted by molar-refractivity contribution is 0.0410. The lowest BCUT2D eigenvalue weighted by Crippen LogP contribution is -2.49. The van der Waals surface area contributed by atoms with Crippen molar-refractivity contribution in [3.8, 4) is 17.0 Å². The molecule has 1 aliphatic rings. The summed E-state index contributed by atoms with van der Waals surface area (Å²) in [5.41, 5.74) is 1.95. The first-order valence-electron chi connectivity index (χ1n) is 9.34. The number of hydrogen-bond donors (Lipinski definition) is 1. The van der Waals surface area contributed by atoms with E-state index in [-0.39, 0.29) is 5.97 Å². The van der Waals surface area contributed by atoms with E-state index in [1.165, 1.54) is 0 Å². The van der Waals surface area contributed by atoms with E-state index in [1.54, 1.807) is 12.3 Å². The van der Waals surface area contributed by atoms with Gasteiger partial charge in [0, 0.05) is 30.8 Å². The summed E-state index contributed by atoms with van der Waals surface area (Å²) in [6.45, 7) is 4.63. The van der Waals surface area contributed by atoms with Gasteiger partial charge in [-0.1, -0.05) is 6.07 Å². The zero-order chi connectivity index (χ0) is 19.3. The van der Waals surface area contributed by atoms with Crippen molar-refractivity contribution in [1.82, 2.24) is 15.2 Å². The Labute approximate surface area is 163 Å². The topological polar surface area (TPSA) is 80.3 Å². The number of esters is 1. The van der Waals surface area contributed by atoms with Gasteiger partial charge in [0.1, 0.15) is 17.3 Å². The van der Waals surface area contributed by atoms with E-state index in [0.717, 1.165) is 30.2 Å². The molecule has 0 saturated carbocycles. The summed E-state index contributed by atoms with van der Waals surface area (Å²) in [6, 6.07) is 15.2. The molecule has 1 aromatic carbocycles. The van der Waals surface area contributed by atoms with Gasteiger partial charge in [-0.3, -0.25) is 5.10 Å². The maximum absolute atomic E-state index is 12.3. The van der Waals surface area contributed by atoms with Gasteiger partial charge in [-0.15, -0.1) is 0 Å². The van der Waals surface area contributed by atoms with Crippen molar-refractivity contribution in [2.75, 3.05) is 31.2 Å². The summed E-state index contributed by atoms with van der Waals surface area (Å²) in [7, 11) is 0. The minimum Gasteiger partial charge on any atom is -0.494 e. The number of H-pyrrole nitrogens is 1. The van der Waals surface area contributed by atoms with Crippen LogP contribution in [0.25, 0.3) is 11.3 Å². The van der Waals surface area contributed by atoms with Gasteiger partial charge in [0.15, 0.2) is 0 Å². The van der Waals surface area contributed by atoms with E-state index >= 15 is 0 Å². The first-order chi connectivity index (χ1) is 13.7. The van der Waals surface area contributed by atoms with Crippen LogP contribution in [0.1, 0.15) is 17.4 Å². The monoisotopic (exact) mass is 378 g/mol. The number of aromatic nitrogens is 3. The van der Waals surface area contributed by atoms with Crippen molar-refractivity contribution >= 4 is 11.8 Å². The van der Waals surface area contributed by atoms with Gasteiger partial charge in [0.25, 0.3) is 0 Å². The number of ether oxygens (including phenoxy) is 2. The maximum atomic E-state index is 12.3. The molecule has 1 N–H and O–H groups in total. The molecule has 7 heteroatoms. The average molecular weight is 378 g/mol. The number of nitrogens with zero attached hydrogens (tertiary/aromatic N) is 3. The van der Waals surface area contributed by atoms with Crippen molar-refractivity contribution in [3.63, 3.8) is 0 Å². The van der Waals surface area contributed by atoms with Crippen molar-refractivity contribution in [2.45, 2.75) is 6.92 Å². The van der Waals surface area contributed by atoms with Gasteiger partial charge in [0.2, 0.25) is 0 Å². The van der Waals surface area contributed by atoms with Crippen LogP contribution in [0.15, 0.2) is 54.7 Å². The number of anilines is 1. The molecule has 2 aromatic heterocycles. The summed E-state index contributed by atoms with van der Waals surface area (Å²) < 4.78 is 10.9. The highest BCUT2D eigenvalue weighted by atomic mass is 16.5. The van der Waals surface area contributed by atoms with Crippen LogP contribution in [-0.2, 0) is 4.74 Å². The van der Waals surface area contributed by atoms with Gasteiger partial charge in [-0.2, -0.15) is 5.10 Å². The van der Waals surface area contributed by atoms with E-state index in [2.05, 4.69) is 20.1 Å². The van der Waals surface area contributed by atoms with Crippen LogP contribution in [-0.4, -0.2) is 47.5 Å². The van der Waals surface area contributed by atoms with Crippen molar-refractivity contribution in [2.24, 2.45) is 5.92 Å². The molecule has 0 amide bonds. The van der Waals surface area contributed by atoms with Crippen LogP contribution in [0.2, 0.25) is 0 Å². The van der Waals surface area contributed by atoms with Crippen LogP contribution in [0, 0.1) is 5.92 Å². The number of rotatable bonds is 7. The first-order valence-corrected chi connectivity index (χ1v) is 9.34. The fourth-order valence-corrected chi connectivity index (χ4v) is 3.14. The Morgan fingerprint density at radius 3 is 2.75 bits per heavy atom. The molecule has 144 valence electrons. The molecule has 0 radical (unpaired) electrons. The second-order valence-corrected chi connectivity index (χ2v) is 6.68. The molecule has 0 aliphatic carbocycles. The lowest BCUT2D eigenvalue weighted by Gasteiger charge is -2.39. The number of aromatic amines is 1. The van der Waals surface area contributed by atoms with Gasteiger partial charge >= 0.3 is 5.97 Å². The SMILES string of the molecule is CCOc1ccc(-c2cc(C(=O)OCC3CN(c4ccccn4)C3)[nH]n2)cc1. The molecule has 0 atom stereocenters. The molecular weight excluding hydrogens is 356 g/mol. The van der Waals surface area contributed by atoms with Crippen LogP contribution < -0.4 is 9.64 Å². The molecule has 0 unspecified atom stereocenters. The largest absolute Gasteiger partial charge is 0.494 e. The van der Waals surface area contributed by atoms with E-state index in [1.807, 2.05) is 49.4 Å². The Kier molecular flexibility index (Phi) is 5.23. The molecule has 1 fully saturated rings. The third-order valence-electron chi connectivity index (χ3n) is 4.64. The Bertz CT molecular complexity index is 918. The van der Waals surface area contributed by atoms with Crippen molar-refractivity contribution in [1.29, 1.82) is 0 Å². The van der Waals surface area contributed by atoms with Crippen molar-refractivity contribution in [3.05, 3.63) is 60.4 Å². The number of carbonyl (C=O) groups excluding carboxylic acids is 1. The molecule has 0 bridgehead atoms. The number of benzene rings is 1. The quantitative estimate of drug-likeness (QED) is 0.636. The Morgan fingerprint density at radius 1 is 1.21 bits per heavy atom. The summed E-state index contributed by atoms with van der Waals surface area (Å²) >= 11 is 0. The van der Waals surface area contributed by atoms with Crippen molar-refractivity contribution < 1.29 is 14.3 Å². The predicted octanol–water partition coefficient (Wildman–Crippen LogP) is 3.16. The minimum absolute atomic E-state index is 0.319. The van der Waals surface area contributed by atoms with E-state index in [9.17, 15) is 4.79 Å². The normalized spacial score (nSPS) is 13.8. The molecular formula is C21H22N4O3. The molecule has 3 aromatic rings. The first kappa shape index (κ1) is 18.0. The van der Waals surface area contributed by atoms with Crippen LogP contribution in [0.3, 0.4) is 0 Å². The Morgan fingerprint density at radius 2 is 2.04 bits per heavy atom. The van der Waals surface area contributed by atoms with E-state index < -0.39 is 0 Å². The Hall–Kier alpha value is -3.35. The van der Waals surface area contributed by atoms with Crippen LogP contribution in [0.4, 0.5) is 5.82 Å². The third-order valence-corrected chi connectivity index (χ3v) is 4.64. The highest BCUT2D eigenvalue weighted by molar-refractivity contribution is 5.88. The van der Waals surface area contributed by atoms with Gasteiger partial charge < -0.3 is 14.4 Å². The highest BCUT2D eigenvalue weighted by Crippen LogP contribution is 2.24. The van der Waals surface area contributed by atoms with Gasteiger partial charge in [-0.05, 0) is 49.4 Å². The fraction of sp³-hybridized carbons (Fsp3) is 0.286. The molecule has 3 heterocycles. The standard InChI is InChI=1S/C21H22N4O3/c1-2-27-17-8-6-16(7-9-17)18-11-19(24-23-18)21(26)28-14-15-12-25(13-15)20-5-3-4-10-22-20/h3-11,15H,2,12-14H2,1H3,(H,23,24). The minimum atomic E-state index is -0.388. The van der Waals surface area contributed by atoms with E-state index in [4.69, 9.17) is 9.47 Å². The molecule has 7 nitrogen and oxygen atoms in total. The zero-order valence-corrected chi connectivity index (χ0v) is 15.7. The lowest BCUT2D eigenvalue weighted by atomic mass is 10.0. The molecule has 1 saturated heterocycles. The highest BCUT2D eigenvalue weighted by Gasteiger charge is 2.29. The Balaban J connectivity index is 1.28. The van der Waals surface area contributed by atoms with Gasteiger partial charge in [-0.25, -0.2) is 9.78 Å². The number of hydrogen-bond acceptors (Lipinski definition) is 6. The second kappa shape index (κ2) is 8.12. The molecule has 28 heavy (non-hydrogen) atoms. The number of nitrogens with one attached hydrogen (secondary N) is 1. The van der Waals surface area contributed by atoms with Gasteiger partial charge in [0.05, 0.1) is 18.9 Å². The second-order valence-electron chi connectivity index (χ2n) is 6.68. The predicted molar refractivity (Wildman–Crippen MR) is 105 cm³/mol. The zero-order valence-electron chi connectivity index (χ0n) is 15.7. The number of carbonyl (C=O) groups is 1. The number of pyridine rings is 1. The van der Waals surface area contributed by atoms with Crippen LogP contribution >= 0.6 is 0 Å². The van der Waals surface area contributed by atoms with E-state index in [0.29, 0.717) is 30.5 Å². The summed E-state index contributed by atoms with van der Waals surface area (Å²) in [6.07, 6.45) is 1.78. The summed E-state index contributed by atoms with van der Waals surface area (Å²) in [5, 5.41) is 6.97.